The van der Waals surface area contributed by atoms with Gasteiger partial charge in [-0.3, -0.25) is 4.79 Å². The maximum absolute atomic E-state index is 13.0. The van der Waals surface area contributed by atoms with Crippen LogP contribution in [-0.2, 0) is 14.3 Å². The van der Waals surface area contributed by atoms with E-state index in [0.717, 1.165) is 22.3 Å². The summed E-state index contributed by atoms with van der Waals surface area (Å²) in [7, 11) is 0. The number of alkyl carbamates (subject to hydrolysis) is 1. The molecule has 8 heteroatoms. The Balaban J connectivity index is 1.36. The molecule has 0 fully saturated rings. The molecule has 0 aliphatic heterocycles. The number of carbonyl (C=O) groups excluding carboxylic acids is 2. The zero-order valence-electron chi connectivity index (χ0n) is 17.5. The highest BCUT2D eigenvalue weighted by atomic mass is 19.1. The lowest BCUT2D eigenvalue weighted by Crippen LogP contribution is -2.43. The van der Waals surface area contributed by atoms with E-state index in [1.165, 1.54) is 24.3 Å². The van der Waals surface area contributed by atoms with E-state index in [4.69, 9.17) is 4.74 Å². The van der Waals surface area contributed by atoms with E-state index in [1.54, 1.807) is 0 Å². The molecule has 0 unspecified atom stereocenters. The van der Waals surface area contributed by atoms with E-state index in [0.29, 0.717) is 5.69 Å². The Morgan fingerprint density at radius 3 is 2.06 bits per heavy atom. The van der Waals surface area contributed by atoms with Gasteiger partial charge in [-0.15, -0.1) is 0 Å². The van der Waals surface area contributed by atoms with Gasteiger partial charge in [-0.1, -0.05) is 48.5 Å². The molecule has 0 heterocycles. The molecule has 0 saturated carbocycles. The van der Waals surface area contributed by atoms with Crippen molar-refractivity contribution in [3.05, 3.63) is 89.7 Å². The number of rotatable bonds is 7. The van der Waals surface area contributed by atoms with Crippen molar-refractivity contribution < 1.29 is 28.6 Å². The number of aliphatic carboxylic acids is 1. The molecule has 168 valence electrons. The first-order valence-corrected chi connectivity index (χ1v) is 10.3. The second kappa shape index (κ2) is 9.52. The maximum Gasteiger partial charge on any atom is 0.407 e. The molecule has 1 atom stereocenters. The molecular formula is C25H21FN2O5. The Hall–Kier alpha value is -4.20. The van der Waals surface area contributed by atoms with E-state index in [9.17, 15) is 23.9 Å². The van der Waals surface area contributed by atoms with Crippen LogP contribution in [0.3, 0.4) is 0 Å². The van der Waals surface area contributed by atoms with Gasteiger partial charge in [0.2, 0.25) is 5.91 Å². The Morgan fingerprint density at radius 1 is 0.909 bits per heavy atom. The summed E-state index contributed by atoms with van der Waals surface area (Å²) in [6.45, 7) is 0.0218. The molecular weight excluding hydrogens is 427 g/mol. The van der Waals surface area contributed by atoms with Gasteiger partial charge in [-0.2, -0.15) is 0 Å². The van der Waals surface area contributed by atoms with E-state index >= 15 is 0 Å². The largest absolute Gasteiger partial charge is 0.480 e. The molecule has 0 saturated heterocycles. The van der Waals surface area contributed by atoms with Crippen molar-refractivity contribution in [3.8, 4) is 11.1 Å². The molecule has 3 aromatic rings. The summed E-state index contributed by atoms with van der Waals surface area (Å²) in [6.07, 6.45) is -1.45. The molecule has 4 rings (SSSR count). The van der Waals surface area contributed by atoms with Crippen LogP contribution in [0.15, 0.2) is 72.8 Å². The fourth-order valence-electron chi connectivity index (χ4n) is 3.91. The number of nitrogens with one attached hydrogen (secondary N) is 2. The van der Waals surface area contributed by atoms with Crippen molar-refractivity contribution in [1.29, 1.82) is 0 Å². The third kappa shape index (κ3) is 5.01. The number of amides is 2. The van der Waals surface area contributed by atoms with Gasteiger partial charge in [-0.05, 0) is 46.5 Å². The molecule has 0 aromatic heterocycles. The molecule has 3 N–H and O–H groups in total. The van der Waals surface area contributed by atoms with Crippen LogP contribution < -0.4 is 10.6 Å². The molecule has 0 radical (unpaired) electrons. The van der Waals surface area contributed by atoms with E-state index in [-0.39, 0.29) is 12.5 Å². The van der Waals surface area contributed by atoms with E-state index < -0.39 is 36.2 Å². The number of benzene rings is 3. The van der Waals surface area contributed by atoms with Crippen molar-refractivity contribution >= 4 is 23.7 Å². The highest BCUT2D eigenvalue weighted by molar-refractivity contribution is 5.95. The average molecular weight is 448 g/mol. The van der Waals surface area contributed by atoms with Crippen LogP contribution in [0.1, 0.15) is 23.5 Å². The van der Waals surface area contributed by atoms with Crippen molar-refractivity contribution in [2.24, 2.45) is 0 Å². The molecule has 7 nitrogen and oxygen atoms in total. The fourth-order valence-corrected chi connectivity index (χ4v) is 3.91. The van der Waals surface area contributed by atoms with Gasteiger partial charge < -0.3 is 20.5 Å². The first kappa shape index (κ1) is 22.0. The number of halogens is 1. The third-order valence-corrected chi connectivity index (χ3v) is 5.45. The number of carboxylic acid groups (broad SMARTS) is 1. The smallest absolute Gasteiger partial charge is 0.407 e. The standard InChI is InChI=1S/C25H21FN2O5/c26-15-9-11-16(12-10-15)27-23(29)13-22(24(30)31)28-25(32)33-14-21-19-7-3-1-5-17(19)18-6-2-4-8-20(18)21/h1-12,21-22H,13-14H2,(H,27,29)(H,28,32)(H,30,31)/t22-/m0/s1. The van der Waals surface area contributed by atoms with Gasteiger partial charge in [0.05, 0.1) is 6.42 Å². The lowest BCUT2D eigenvalue weighted by molar-refractivity contribution is -0.140. The average Bonchev–Trinajstić information content (AvgIpc) is 3.12. The molecule has 1 aliphatic rings. The third-order valence-electron chi connectivity index (χ3n) is 5.45. The minimum atomic E-state index is -1.49. The Bertz CT molecular complexity index is 1150. The van der Waals surface area contributed by atoms with Gasteiger partial charge in [0.25, 0.3) is 0 Å². The first-order chi connectivity index (χ1) is 15.9. The Labute approximate surface area is 189 Å². The normalized spacial score (nSPS) is 12.9. The SMILES string of the molecule is O=C(C[C@H](NC(=O)OCC1c2ccccc2-c2ccccc21)C(=O)O)Nc1ccc(F)cc1. The van der Waals surface area contributed by atoms with Gasteiger partial charge in [0.15, 0.2) is 0 Å². The van der Waals surface area contributed by atoms with Crippen LogP contribution in [0.25, 0.3) is 11.1 Å². The van der Waals surface area contributed by atoms with Crippen LogP contribution in [0, 0.1) is 5.82 Å². The van der Waals surface area contributed by atoms with Crippen LogP contribution in [0.2, 0.25) is 0 Å². The number of fused-ring (bicyclic) bond motifs is 3. The fraction of sp³-hybridized carbons (Fsp3) is 0.160. The summed E-state index contributed by atoms with van der Waals surface area (Å²) >= 11 is 0. The monoisotopic (exact) mass is 448 g/mol. The minimum absolute atomic E-state index is 0.0218. The number of carboxylic acids is 1. The van der Waals surface area contributed by atoms with Crippen molar-refractivity contribution in [2.75, 3.05) is 11.9 Å². The second-order valence-corrected chi connectivity index (χ2v) is 7.62. The highest BCUT2D eigenvalue weighted by Crippen LogP contribution is 2.44. The van der Waals surface area contributed by atoms with Crippen LogP contribution >= 0.6 is 0 Å². The summed E-state index contributed by atoms with van der Waals surface area (Å²) in [4.78, 5) is 36.1. The number of ether oxygens (including phenoxy) is 1. The van der Waals surface area contributed by atoms with Gasteiger partial charge in [0, 0.05) is 11.6 Å². The molecule has 33 heavy (non-hydrogen) atoms. The van der Waals surface area contributed by atoms with Crippen molar-refractivity contribution in [1.82, 2.24) is 5.32 Å². The molecule has 0 spiro atoms. The Kier molecular flexibility index (Phi) is 6.35. The van der Waals surface area contributed by atoms with Gasteiger partial charge in [-0.25, -0.2) is 14.0 Å². The van der Waals surface area contributed by atoms with Gasteiger partial charge in [0.1, 0.15) is 18.5 Å². The van der Waals surface area contributed by atoms with Crippen LogP contribution in [0.5, 0.6) is 0 Å². The summed E-state index contributed by atoms with van der Waals surface area (Å²) in [6, 6.07) is 19.2. The van der Waals surface area contributed by atoms with Gasteiger partial charge >= 0.3 is 12.1 Å². The zero-order chi connectivity index (χ0) is 23.4. The summed E-state index contributed by atoms with van der Waals surface area (Å²) < 4.78 is 18.3. The zero-order valence-corrected chi connectivity index (χ0v) is 17.5. The van der Waals surface area contributed by atoms with E-state index in [2.05, 4.69) is 10.6 Å². The first-order valence-electron chi connectivity index (χ1n) is 10.3. The van der Waals surface area contributed by atoms with Crippen LogP contribution in [0.4, 0.5) is 14.9 Å². The topological polar surface area (TPSA) is 105 Å². The maximum atomic E-state index is 13.0. The molecule has 2 amide bonds. The molecule has 0 bridgehead atoms. The molecule has 3 aromatic carbocycles. The highest BCUT2D eigenvalue weighted by Gasteiger charge is 2.30. The second-order valence-electron chi connectivity index (χ2n) is 7.62. The minimum Gasteiger partial charge on any atom is -0.480 e. The lowest BCUT2D eigenvalue weighted by Gasteiger charge is -2.17. The van der Waals surface area contributed by atoms with Crippen LogP contribution in [-0.4, -0.2) is 35.7 Å². The van der Waals surface area contributed by atoms with Crippen molar-refractivity contribution in [3.63, 3.8) is 0 Å². The number of hydrogen-bond donors (Lipinski definition) is 3. The summed E-state index contributed by atoms with van der Waals surface area (Å²) in [5.74, 6) is -2.66. The van der Waals surface area contributed by atoms with Crippen molar-refractivity contribution in [2.45, 2.75) is 18.4 Å². The number of anilines is 1. The Morgan fingerprint density at radius 2 is 1.48 bits per heavy atom. The number of carbonyl (C=O) groups is 3. The summed E-state index contributed by atoms with van der Waals surface area (Å²) in [5.41, 5.74) is 4.51. The molecule has 1 aliphatic carbocycles. The number of hydrogen-bond acceptors (Lipinski definition) is 4. The predicted octanol–water partition coefficient (Wildman–Crippen LogP) is 4.15. The quantitative estimate of drug-likeness (QED) is 0.504. The predicted molar refractivity (Wildman–Crippen MR) is 119 cm³/mol. The lowest BCUT2D eigenvalue weighted by atomic mass is 9.98. The summed E-state index contributed by atoms with van der Waals surface area (Å²) in [5, 5.41) is 14.1. The van der Waals surface area contributed by atoms with E-state index in [1.807, 2.05) is 48.5 Å².